The average Bonchev–Trinajstić information content (AvgIpc) is 3.33. The quantitative estimate of drug-likeness (QED) is 0.383. The van der Waals surface area contributed by atoms with E-state index in [2.05, 4.69) is 36.1 Å². The largest absolute Gasteiger partial charge is 0.381 e. The molecule has 3 aliphatic heterocycles. The van der Waals surface area contributed by atoms with E-state index in [4.69, 9.17) is 4.74 Å². The normalized spacial score (nSPS) is 19.8. The van der Waals surface area contributed by atoms with Gasteiger partial charge in [-0.05, 0) is 62.1 Å². The van der Waals surface area contributed by atoms with E-state index < -0.39 is 16.6 Å². The lowest BCUT2D eigenvalue weighted by molar-refractivity contribution is 0.0907. The van der Waals surface area contributed by atoms with E-state index in [0.717, 1.165) is 72.8 Å². The lowest BCUT2D eigenvalue weighted by Crippen LogP contribution is -2.38. The van der Waals surface area contributed by atoms with Crippen LogP contribution in [0.25, 0.3) is 33.1 Å². The minimum absolute atomic E-state index is 0.131. The standard InChI is InChI=1S/C26H29FN6O2S/c1-15-10-20-18(12-29-32-20)21-17(15)7-3-4-9-35-14-16-6-5-8-33(13-16)25-19-11-28-24(21)22(27)23(19)30-26(31-25)36(2)34/h10-12,16H,3-9,13-14H2,1-2H3,(H,29,32)/t16-,36?/m1/s1. The average molecular weight is 509 g/mol. The van der Waals surface area contributed by atoms with E-state index in [1.165, 1.54) is 6.26 Å². The number of hydrogen-bond acceptors (Lipinski definition) is 7. The number of fused-ring (bicyclic) bond motifs is 7. The molecule has 3 aromatic heterocycles. The number of piperidine rings is 1. The molecule has 0 saturated carbocycles. The predicted octanol–water partition coefficient (Wildman–Crippen LogP) is 4.32. The number of H-pyrrole nitrogens is 1. The molecule has 6 heterocycles. The van der Waals surface area contributed by atoms with Crippen LogP contribution in [-0.2, 0) is 22.0 Å². The Morgan fingerprint density at radius 2 is 2.08 bits per heavy atom. The molecular weight excluding hydrogens is 479 g/mol. The first kappa shape index (κ1) is 23.4. The van der Waals surface area contributed by atoms with Crippen LogP contribution in [-0.4, -0.2) is 61.9 Å². The van der Waals surface area contributed by atoms with E-state index >= 15 is 4.39 Å². The second-order valence-electron chi connectivity index (χ2n) is 9.83. The van der Waals surface area contributed by atoms with Gasteiger partial charge in [-0.25, -0.2) is 14.4 Å². The highest BCUT2D eigenvalue weighted by molar-refractivity contribution is 7.84. The van der Waals surface area contributed by atoms with Gasteiger partial charge < -0.3 is 9.64 Å². The number of nitrogens with one attached hydrogen (secondary N) is 1. The van der Waals surface area contributed by atoms with Gasteiger partial charge in [0, 0.05) is 43.1 Å². The minimum Gasteiger partial charge on any atom is -0.381 e. The highest BCUT2D eigenvalue weighted by Gasteiger charge is 2.27. The van der Waals surface area contributed by atoms with Crippen LogP contribution in [0.3, 0.4) is 0 Å². The fourth-order valence-electron chi connectivity index (χ4n) is 5.58. The van der Waals surface area contributed by atoms with Crippen molar-refractivity contribution in [2.75, 3.05) is 37.5 Å². The number of aryl methyl sites for hydroxylation is 1. The van der Waals surface area contributed by atoms with Crippen molar-refractivity contribution >= 4 is 38.4 Å². The van der Waals surface area contributed by atoms with E-state index in [0.29, 0.717) is 30.3 Å². The van der Waals surface area contributed by atoms with E-state index in [9.17, 15) is 4.21 Å². The Bertz CT molecular complexity index is 1490. The number of aromatic nitrogens is 5. The van der Waals surface area contributed by atoms with Crippen LogP contribution in [0.2, 0.25) is 0 Å². The molecule has 36 heavy (non-hydrogen) atoms. The third-order valence-corrected chi connectivity index (χ3v) is 8.05. The topological polar surface area (TPSA) is 96.9 Å². The second kappa shape index (κ2) is 9.48. The summed E-state index contributed by atoms with van der Waals surface area (Å²) >= 11 is 0. The molecule has 4 aromatic rings. The number of ether oxygens (including phenoxy) is 1. The summed E-state index contributed by atoms with van der Waals surface area (Å²) in [5, 5.41) is 8.74. The molecule has 3 aliphatic rings. The molecule has 1 aromatic carbocycles. The van der Waals surface area contributed by atoms with Crippen LogP contribution < -0.4 is 4.90 Å². The first-order valence-electron chi connectivity index (χ1n) is 12.5. The fraction of sp³-hybridized carbons (Fsp3) is 0.462. The summed E-state index contributed by atoms with van der Waals surface area (Å²) in [4.78, 5) is 15.9. The first-order chi connectivity index (χ1) is 17.5. The van der Waals surface area contributed by atoms with Crippen LogP contribution in [0.4, 0.5) is 10.2 Å². The molecule has 10 heteroatoms. The number of pyridine rings is 1. The smallest absolute Gasteiger partial charge is 0.220 e. The summed E-state index contributed by atoms with van der Waals surface area (Å²) in [6, 6.07) is 2.06. The summed E-state index contributed by atoms with van der Waals surface area (Å²) in [7, 11) is -1.46. The molecule has 8 nitrogen and oxygen atoms in total. The van der Waals surface area contributed by atoms with E-state index in [-0.39, 0.29) is 16.4 Å². The van der Waals surface area contributed by atoms with Gasteiger partial charge in [0.1, 0.15) is 17.0 Å². The number of aromatic amines is 1. The van der Waals surface area contributed by atoms with Crippen molar-refractivity contribution in [2.24, 2.45) is 5.92 Å². The minimum atomic E-state index is -1.46. The zero-order valence-electron chi connectivity index (χ0n) is 20.5. The van der Waals surface area contributed by atoms with Crippen molar-refractivity contribution in [3.05, 3.63) is 35.4 Å². The lowest BCUT2D eigenvalue weighted by atomic mass is 9.91. The summed E-state index contributed by atoms with van der Waals surface area (Å²) in [6.07, 6.45) is 9.63. The number of nitrogens with zero attached hydrogens (tertiary/aromatic N) is 5. The fourth-order valence-corrected chi connectivity index (χ4v) is 6.01. The molecule has 0 radical (unpaired) electrons. The summed E-state index contributed by atoms with van der Waals surface area (Å²) in [6.45, 7) is 4.98. The molecule has 6 bridgehead atoms. The molecule has 188 valence electrons. The molecular formula is C26H29FN6O2S. The zero-order valence-corrected chi connectivity index (χ0v) is 21.3. The van der Waals surface area contributed by atoms with Crippen LogP contribution in [0.1, 0.15) is 36.8 Å². The third kappa shape index (κ3) is 4.06. The van der Waals surface area contributed by atoms with Crippen LogP contribution in [0, 0.1) is 18.7 Å². The molecule has 1 unspecified atom stereocenters. The third-order valence-electron chi connectivity index (χ3n) is 7.35. The Hall–Kier alpha value is -2.98. The Balaban J connectivity index is 1.64. The van der Waals surface area contributed by atoms with Crippen molar-refractivity contribution in [1.82, 2.24) is 25.1 Å². The Morgan fingerprint density at radius 3 is 2.94 bits per heavy atom. The van der Waals surface area contributed by atoms with Crippen LogP contribution in [0.5, 0.6) is 0 Å². The summed E-state index contributed by atoms with van der Waals surface area (Å²) < 4.78 is 35.0. The first-order valence-corrected chi connectivity index (χ1v) is 14.1. The van der Waals surface area contributed by atoms with Gasteiger partial charge in [0.25, 0.3) is 0 Å². The summed E-state index contributed by atoms with van der Waals surface area (Å²) in [5.74, 6) is 0.445. The van der Waals surface area contributed by atoms with E-state index in [1.54, 1.807) is 12.4 Å². The van der Waals surface area contributed by atoms with Crippen LogP contribution >= 0.6 is 0 Å². The number of rotatable bonds is 1. The molecule has 7 rings (SSSR count). The number of hydrogen-bond donors (Lipinski definition) is 1. The number of halogens is 1. The zero-order chi connectivity index (χ0) is 24.8. The molecule has 0 amide bonds. The summed E-state index contributed by atoms with van der Waals surface area (Å²) in [5.41, 5.74) is 4.09. The Kier molecular flexibility index (Phi) is 6.17. The maximum atomic E-state index is 16.4. The predicted molar refractivity (Wildman–Crippen MR) is 138 cm³/mol. The Morgan fingerprint density at radius 1 is 1.19 bits per heavy atom. The number of benzene rings is 1. The maximum absolute atomic E-state index is 16.4. The van der Waals surface area contributed by atoms with Gasteiger partial charge in [-0.1, -0.05) is 0 Å². The monoisotopic (exact) mass is 508 g/mol. The van der Waals surface area contributed by atoms with Crippen molar-refractivity contribution in [2.45, 2.75) is 44.2 Å². The van der Waals surface area contributed by atoms with Crippen molar-refractivity contribution in [1.29, 1.82) is 0 Å². The lowest BCUT2D eigenvalue weighted by Gasteiger charge is -2.34. The van der Waals surface area contributed by atoms with Gasteiger partial charge in [0.05, 0.1) is 34.5 Å². The van der Waals surface area contributed by atoms with E-state index in [1.807, 2.05) is 6.92 Å². The van der Waals surface area contributed by atoms with Gasteiger partial charge in [0.15, 0.2) is 5.82 Å². The van der Waals surface area contributed by atoms with Gasteiger partial charge in [-0.15, -0.1) is 0 Å². The van der Waals surface area contributed by atoms with Gasteiger partial charge in [0.2, 0.25) is 5.16 Å². The highest BCUT2D eigenvalue weighted by Crippen LogP contribution is 2.38. The van der Waals surface area contributed by atoms with Gasteiger partial charge >= 0.3 is 0 Å². The molecule has 1 fully saturated rings. The van der Waals surface area contributed by atoms with Crippen LogP contribution in [0.15, 0.2) is 23.6 Å². The molecule has 2 atom stereocenters. The second-order valence-corrected chi connectivity index (χ2v) is 11.1. The molecule has 1 saturated heterocycles. The molecule has 1 N–H and O–H groups in total. The molecule has 0 aliphatic carbocycles. The van der Waals surface area contributed by atoms with Gasteiger partial charge in [-0.3, -0.25) is 14.3 Å². The number of anilines is 1. The SMILES string of the molecule is Cc1cc2[nH]ncc2c2c1CCCCOC[C@@H]1CCCN(C1)c1nc(S(C)=O)nc3c(F)c-2ncc13. The highest BCUT2D eigenvalue weighted by atomic mass is 32.2. The van der Waals surface area contributed by atoms with Crippen molar-refractivity contribution in [3.8, 4) is 11.3 Å². The van der Waals surface area contributed by atoms with Crippen molar-refractivity contribution in [3.63, 3.8) is 0 Å². The van der Waals surface area contributed by atoms with Gasteiger partial charge in [-0.2, -0.15) is 5.10 Å². The Labute approximate surface area is 211 Å². The maximum Gasteiger partial charge on any atom is 0.220 e. The van der Waals surface area contributed by atoms with Crippen molar-refractivity contribution < 1.29 is 13.3 Å². The molecule has 0 spiro atoms.